The van der Waals surface area contributed by atoms with Crippen LogP contribution in [0.15, 0.2) is 0 Å². The first-order valence-electron chi connectivity index (χ1n) is 8.52. The smallest absolute Gasteiger partial charge is 0.242 e. The lowest BCUT2D eigenvalue weighted by Crippen LogP contribution is -2.58. The van der Waals surface area contributed by atoms with Crippen LogP contribution in [0.4, 0.5) is 0 Å². The van der Waals surface area contributed by atoms with Gasteiger partial charge < -0.3 is 20.3 Å². The zero-order valence-corrected chi connectivity index (χ0v) is 13.8. The highest BCUT2D eigenvalue weighted by atomic mass is 16.5. The van der Waals surface area contributed by atoms with Gasteiger partial charge in [-0.3, -0.25) is 9.59 Å². The van der Waals surface area contributed by atoms with Crippen LogP contribution in [0.3, 0.4) is 0 Å². The topological polar surface area (TPSA) is 70.7 Å². The number of hydrogen-bond acceptors (Lipinski definition) is 4. The van der Waals surface area contributed by atoms with Crippen LogP contribution in [0.25, 0.3) is 0 Å². The van der Waals surface area contributed by atoms with E-state index in [9.17, 15) is 9.59 Å². The summed E-state index contributed by atoms with van der Waals surface area (Å²) in [5, 5.41) is 6.25. The second-order valence-corrected chi connectivity index (χ2v) is 6.35. The molecule has 0 spiro atoms. The number of carbonyl (C=O) groups is 2. The summed E-state index contributed by atoms with van der Waals surface area (Å²) in [5.74, 6) is 0.608. The van der Waals surface area contributed by atoms with Crippen molar-refractivity contribution >= 4 is 11.8 Å². The van der Waals surface area contributed by atoms with Crippen LogP contribution in [-0.4, -0.2) is 61.6 Å². The highest BCUT2D eigenvalue weighted by Gasteiger charge is 2.34. The van der Waals surface area contributed by atoms with Crippen LogP contribution in [0.2, 0.25) is 0 Å². The van der Waals surface area contributed by atoms with Crippen molar-refractivity contribution in [1.29, 1.82) is 0 Å². The number of hydrogen-bond donors (Lipinski definition) is 2. The molecule has 2 aliphatic rings. The number of rotatable bonds is 5. The molecule has 0 radical (unpaired) electrons. The molecular weight excluding hydrogens is 282 g/mol. The van der Waals surface area contributed by atoms with Crippen molar-refractivity contribution in [2.24, 2.45) is 5.92 Å². The van der Waals surface area contributed by atoms with Crippen molar-refractivity contribution in [1.82, 2.24) is 15.5 Å². The molecule has 1 unspecified atom stereocenters. The van der Waals surface area contributed by atoms with Gasteiger partial charge in [0.25, 0.3) is 0 Å². The summed E-state index contributed by atoms with van der Waals surface area (Å²) in [6.45, 7) is 7.55. The molecule has 0 aromatic heterocycles. The predicted molar refractivity (Wildman–Crippen MR) is 84.4 cm³/mol. The molecule has 0 saturated carbocycles. The molecule has 6 heteroatoms. The molecule has 2 N–H and O–H groups in total. The summed E-state index contributed by atoms with van der Waals surface area (Å²) in [6, 6.07) is -0.234. The van der Waals surface area contributed by atoms with E-state index in [1.807, 2.05) is 18.7 Å². The predicted octanol–water partition coefficient (Wildman–Crippen LogP) is 0.518. The van der Waals surface area contributed by atoms with E-state index in [1.165, 1.54) is 0 Å². The fraction of sp³-hybridized carbons (Fsp3) is 0.875. The zero-order valence-electron chi connectivity index (χ0n) is 13.8. The van der Waals surface area contributed by atoms with Crippen LogP contribution in [-0.2, 0) is 14.3 Å². The number of morpholine rings is 1. The van der Waals surface area contributed by atoms with Gasteiger partial charge in [-0.05, 0) is 32.1 Å². The van der Waals surface area contributed by atoms with E-state index in [-0.39, 0.29) is 24.0 Å². The van der Waals surface area contributed by atoms with Crippen molar-refractivity contribution in [3.63, 3.8) is 0 Å². The first-order valence-corrected chi connectivity index (χ1v) is 8.52. The monoisotopic (exact) mass is 311 g/mol. The normalized spacial score (nSPS) is 29.2. The highest BCUT2D eigenvalue weighted by Crippen LogP contribution is 2.18. The Balaban J connectivity index is 1.81. The van der Waals surface area contributed by atoms with Gasteiger partial charge in [0.05, 0.1) is 12.7 Å². The minimum atomic E-state index is -0.234. The SMILES string of the molecule is CCCC(=O)NCC1CCCN(C(=O)[C@H]2NCCO[C@@H]2C)C1. The second-order valence-electron chi connectivity index (χ2n) is 6.35. The summed E-state index contributed by atoms with van der Waals surface area (Å²) >= 11 is 0. The van der Waals surface area contributed by atoms with Gasteiger partial charge in [0.2, 0.25) is 11.8 Å². The molecule has 2 heterocycles. The average Bonchev–Trinajstić information content (AvgIpc) is 2.53. The summed E-state index contributed by atoms with van der Waals surface area (Å²) in [7, 11) is 0. The number of nitrogens with one attached hydrogen (secondary N) is 2. The third kappa shape index (κ3) is 4.68. The van der Waals surface area contributed by atoms with Gasteiger partial charge in [0, 0.05) is 32.6 Å². The van der Waals surface area contributed by atoms with Crippen LogP contribution in [0.1, 0.15) is 39.5 Å². The minimum Gasteiger partial charge on any atom is -0.375 e. The Kier molecular flexibility index (Phi) is 6.64. The first-order chi connectivity index (χ1) is 10.6. The molecule has 6 nitrogen and oxygen atoms in total. The number of amides is 2. The third-order valence-corrected chi connectivity index (χ3v) is 4.48. The molecule has 0 aromatic rings. The first kappa shape index (κ1) is 17.2. The number of carbonyl (C=O) groups excluding carboxylic acids is 2. The molecule has 2 fully saturated rings. The summed E-state index contributed by atoms with van der Waals surface area (Å²) in [6.07, 6.45) is 3.44. The van der Waals surface area contributed by atoms with E-state index in [0.717, 1.165) is 38.9 Å². The molecule has 0 bridgehead atoms. The Bertz CT molecular complexity index is 389. The van der Waals surface area contributed by atoms with Gasteiger partial charge in [0.15, 0.2) is 0 Å². The van der Waals surface area contributed by atoms with E-state index in [1.54, 1.807) is 0 Å². The van der Waals surface area contributed by atoms with Gasteiger partial charge >= 0.3 is 0 Å². The average molecular weight is 311 g/mol. The molecule has 126 valence electrons. The lowest BCUT2D eigenvalue weighted by molar-refractivity contribution is -0.141. The minimum absolute atomic E-state index is 0.0779. The van der Waals surface area contributed by atoms with Gasteiger partial charge in [-0.2, -0.15) is 0 Å². The number of ether oxygens (including phenoxy) is 1. The third-order valence-electron chi connectivity index (χ3n) is 4.48. The fourth-order valence-corrected chi connectivity index (χ4v) is 3.21. The van der Waals surface area contributed by atoms with Crippen molar-refractivity contribution in [3.05, 3.63) is 0 Å². The molecule has 3 atom stereocenters. The number of likely N-dealkylation sites (tertiary alicyclic amines) is 1. The maximum absolute atomic E-state index is 12.6. The molecule has 0 aliphatic carbocycles. The summed E-state index contributed by atoms with van der Waals surface area (Å²) < 4.78 is 5.57. The van der Waals surface area contributed by atoms with E-state index >= 15 is 0 Å². The summed E-state index contributed by atoms with van der Waals surface area (Å²) in [4.78, 5) is 26.2. The molecular formula is C16H29N3O3. The zero-order chi connectivity index (χ0) is 15.9. The standard InChI is InChI=1S/C16H29N3O3/c1-3-5-14(20)18-10-13-6-4-8-19(11-13)16(21)15-12(2)22-9-7-17-15/h12-13,15,17H,3-11H2,1-2H3,(H,18,20)/t12-,13?,15+/m1/s1. The van der Waals surface area contributed by atoms with Gasteiger partial charge in [-0.1, -0.05) is 6.92 Å². The van der Waals surface area contributed by atoms with Crippen molar-refractivity contribution in [3.8, 4) is 0 Å². The molecule has 2 rings (SSSR count). The van der Waals surface area contributed by atoms with Crippen molar-refractivity contribution in [2.45, 2.75) is 51.7 Å². The molecule has 0 aromatic carbocycles. The summed E-state index contributed by atoms with van der Waals surface area (Å²) in [5.41, 5.74) is 0. The van der Waals surface area contributed by atoms with E-state index in [0.29, 0.717) is 25.5 Å². The van der Waals surface area contributed by atoms with Gasteiger partial charge in [-0.25, -0.2) is 0 Å². The lowest BCUT2D eigenvalue weighted by atomic mass is 9.96. The van der Waals surface area contributed by atoms with Crippen LogP contribution < -0.4 is 10.6 Å². The van der Waals surface area contributed by atoms with Crippen LogP contribution in [0.5, 0.6) is 0 Å². The van der Waals surface area contributed by atoms with Crippen LogP contribution in [0, 0.1) is 5.92 Å². The maximum Gasteiger partial charge on any atom is 0.242 e. The maximum atomic E-state index is 12.6. The Labute approximate surface area is 132 Å². The fourth-order valence-electron chi connectivity index (χ4n) is 3.21. The Morgan fingerprint density at radius 2 is 2.23 bits per heavy atom. The van der Waals surface area contributed by atoms with Gasteiger partial charge in [-0.15, -0.1) is 0 Å². The highest BCUT2D eigenvalue weighted by molar-refractivity contribution is 5.82. The second kappa shape index (κ2) is 8.48. The largest absolute Gasteiger partial charge is 0.375 e. The van der Waals surface area contributed by atoms with E-state index in [2.05, 4.69) is 10.6 Å². The van der Waals surface area contributed by atoms with Crippen molar-refractivity contribution < 1.29 is 14.3 Å². The molecule has 2 saturated heterocycles. The molecule has 2 aliphatic heterocycles. The van der Waals surface area contributed by atoms with E-state index < -0.39 is 0 Å². The number of nitrogens with zero attached hydrogens (tertiary/aromatic N) is 1. The van der Waals surface area contributed by atoms with E-state index in [4.69, 9.17) is 4.74 Å². The Morgan fingerprint density at radius 3 is 2.95 bits per heavy atom. The van der Waals surface area contributed by atoms with Crippen LogP contribution >= 0.6 is 0 Å². The number of piperidine rings is 1. The Morgan fingerprint density at radius 1 is 1.41 bits per heavy atom. The quantitative estimate of drug-likeness (QED) is 0.776. The molecule has 22 heavy (non-hydrogen) atoms. The Hall–Kier alpha value is -1.14. The van der Waals surface area contributed by atoms with Crippen molar-refractivity contribution in [2.75, 3.05) is 32.8 Å². The lowest BCUT2D eigenvalue weighted by Gasteiger charge is -2.38. The molecule has 2 amide bonds. The van der Waals surface area contributed by atoms with Gasteiger partial charge in [0.1, 0.15) is 6.04 Å².